The molecule has 0 aliphatic rings. The molecule has 5 heteroatoms. The molecule has 0 saturated heterocycles. The molecule has 1 unspecified atom stereocenters. The first-order valence-electron chi connectivity index (χ1n) is 6.15. The Balaban J connectivity index is 2.54. The molecule has 1 amide bonds. The summed E-state index contributed by atoms with van der Waals surface area (Å²) in [5.41, 5.74) is 0.330. The van der Waals surface area contributed by atoms with E-state index in [1.165, 1.54) is 12.4 Å². The molecule has 0 aliphatic carbocycles. The normalized spacial score (nSPS) is 12.5. The molecule has 0 fully saturated rings. The number of hydrogen-bond donors (Lipinski definition) is 2. The molecule has 1 heterocycles. The molecule has 1 aromatic heterocycles. The van der Waals surface area contributed by atoms with E-state index in [-0.39, 0.29) is 18.4 Å². The Morgan fingerprint density at radius 3 is 2.72 bits per heavy atom. The zero-order valence-corrected chi connectivity index (χ0v) is 11.4. The second-order valence-corrected chi connectivity index (χ2v) is 4.62. The van der Waals surface area contributed by atoms with Crippen molar-refractivity contribution >= 4 is 17.5 Å². The third-order valence-corrected chi connectivity index (χ3v) is 3.41. The van der Waals surface area contributed by atoms with Gasteiger partial charge in [0, 0.05) is 18.9 Å². The molecule has 100 valence electrons. The number of amides is 1. The summed E-state index contributed by atoms with van der Waals surface area (Å²) in [6.45, 7) is 4.28. The fourth-order valence-electron chi connectivity index (χ4n) is 1.84. The van der Waals surface area contributed by atoms with Gasteiger partial charge in [-0.3, -0.25) is 9.78 Å². The van der Waals surface area contributed by atoms with Crippen LogP contribution in [0.15, 0.2) is 18.5 Å². The van der Waals surface area contributed by atoms with Gasteiger partial charge in [-0.2, -0.15) is 0 Å². The van der Waals surface area contributed by atoms with Crippen LogP contribution in [0.5, 0.6) is 0 Å². The van der Waals surface area contributed by atoms with Crippen molar-refractivity contribution in [3.05, 3.63) is 29.0 Å². The summed E-state index contributed by atoms with van der Waals surface area (Å²) in [7, 11) is 0. The maximum Gasteiger partial charge on any atom is 0.254 e. The SMILES string of the molecule is CCC(CC)C(O)CNC(=O)c1cnccc1Cl. The quantitative estimate of drug-likeness (QED) is 0.833. The van der Waals surface area contributed by atoms with Gasteiger partial charge in [-0.1, -0.05) is 38.3 Å². The van der Waals surface area contributed by atoms with E-state index in [1.807, 2.05) is 13.8 Å². The van der Waals surface area contributed by atoms with E-state index in [1.54, 1.807) is 6.07 Å². The zero-order valence-electron chi connectivity index (χ0n) is 10.7. The molecule has 1 atom stereocenters. The van der Waals surface area contributed by atoms with Crippen LogP contribution in [0.1, 0.15) is 37.0 Å². The minimum atomic E-state index is -0.528. The minimum Gasteiger partial charge on any atom is -0.391 e. The number of pyridine rings is 1. The predicted octanol–water partition coefficient (Wildman–Crippen LogP) is 2.26. The number of carbonyl (C=O) groups is 1. The number of aliphatic hydroxyl groups excluding tert-OH is 1. The van der Waals surface area contributed by atoms with Gasteiger partial charge in [0.1, 0.15) is 0 Å². The number of rotatable bonds is 6. The molecule has 1 aromatic rings. The van der Waals surface area contributed by atoms with Crippen LogP contribution < -0.4 is 5.32 Å². The van der Waals surface area contributed by atoms with Gasteiger partial charge in [0.05, 0.1) is 16.7 Å². The van der Waals surface area contributed by atoms with Crippen LogP contribution in [-0.4, -0.2) is 28.6 Å². The Hall–Kier alpha value is -1.13. The summed E-state index contributed by atoms with van der Waals surface area (Å²) < 4.78 is 0. The molecule has 0 spiro atoms. The highest BCUT2D eigenvalue weighted by Crippen LogP contribution is 2.14. The fourth-order valence-corrected chi connectivity index (χ4v) is 2.03. The molecule has 1 rings (SSSR count). The van der Waals surface area contributed by atoms with Gasteiger partial charge in [-0.25, -0.2) is 0 Å². The first-order valence-corrected chi connectivity index (χ1v) is 6.53. The lowest BCUT2D eigenvalue weighted by molar-refractivity contribution is 0.0816. The number of carbonyl (C=O) groups excluding carboxylic acids is 1. The van der Waals surface area contributed by atoms with E-state index >= 15 is 0 Å². The summed E-state index contributed by atoms with van der Waals surface area (Å²) in [6, 6.07) is 1.56. The molecular weight excluding hydrogens is 252 g/mol. The van der Waals surface area contributed by atoms with Gasteiger partial charge >= 0.3 is 0 Å². The number of aromatic nitrogens is 1. The topological polar surface area (TPSA) is 62.2 Å². The first-order chi connectivity index (χ1) is 8.60. The van der Waals surface area contributed by atoms with Crippen LogP contribution in [0, 0.1) is 5.92 Å². The Bertz CT molecular complexity index is 394. The number of nitrogens with one attached hydrogen (secondary N) is 1. The summed E-state index contributed by atoms with van der Waals surface area (Å²) in [5.74, 6) is -0.104. The van der Waals surface area contributed by atoms with E-state index in [0.29, 0.717) is 10.6 Å². The minimum absolute atomic E-state index is 0.203. The van der Waals surface area contributed by atoms with Crippen molar-refractivity contribution < 1.29 is 9.90 Å². The highest BCUT2D eigenvalue weighted by molar-refractivity contribution is 6.33. The smallest absolute Gasteiger partial charge is 0.254 e. The number of hydrogen-bond acceptors (Lipinski definition) is 3. The molecule has 0 bridgehead atoms. The average Bonchev–Trinajstić information content (AvgIpc) is 2.38. The van der Waals surface area contributed by atoms with E-state index < -0.39 is 6.10 Å². The van der Waals surface area contributed by atoms with Crippen molar-refractivity contribution in [1.82, 2.24) is 10.3 Å². The monoisotopic (exact) mass is 270 g/mol. The molecule has 0 aromatic carbocycles. The maximum absolute atomic E-state index is 11.8. The summed E-state index contributed by atoms with van der Waals surface area (Å²) >= 11 is 5.89. The molecule has 0 saturated carbocycles. The van der Waals surface area contributed by atoms with Crippen molar-refractivity contribution in [2.75, 3.05) is 6.54 Å². The van der Waals surface area contributed by atoms with Gasteiger partial charge in [-0.15, -0.1) is 0 Å². The third kappa shape index (κ3) is 3.96. The second kappa shape index (κ2) is 7.34. The lowest BCUT2D eigenvalue weighted by atomic mass is 9.96. The van der Waals surface area contributed by atoms with E-state index in [4.69, 9.17) is 11.6 Å². The maximum atomic E-state index is 11.8. The Labute approximate surface area is 112 Å². The Morgan fingerprint density at radius 2 is 2.17 bits per heavy atom. The van der Waals surface area contributed by atoms with Crippen LogP contribution in [-0.2, 0) is 0 Å². The van der Waals surface area contributed by atoms with E-state index in [0.717, 1.165) is 12.8 Å². The molecular formula is C13H19ClN2O2. The van der Waals surface area contributed by atoms with Crippen LogP contribution in [0.4, 0.5) is 0 Å². The Kier molecular flexibility index (Phi) is 6.09. The average molecular weight is 271 g/mol. The third-order valence-electron chi connectivity index (χ3n) is 3.08. The Morgan fingerprint density at radius 1 is 1.50 bits per heavy atom. The van der Waals surface area contributed by atoms with Gasteiger partial charge in [0.15, 0.2) is 0 Å². The van der Waals surface area contributed by atoms with Gasteiger partial charge in [-0.05, 0) is 12.0 Å². The number of halogens is 1. The summed E-state index contributed by atoms with van der Waals surface area (Å²) in [4.78, 5) is 15.7. The van der Waals surface area contributed by atoms with Crippen molar-refractivity contribution in [2.45, 2.75) is 32.8 Å². The van der Waals surface area contributed by atoms with Crippen molar-refractivity contribution in [1.29, 1.82) is 0 Å². The van der Waals surface area contributed by atoms with Crippen LogP contribution >= 0.6 is 11.6 Å². The van der Waals surface area contributed by atoms with Gasteiger partial charge in [0.2, 0.25) is 0 Å². The molecule has 18 heavy (non-hydrogen) atoms. The first kappa shape index (κ1) is 14.9. The molecule has 0 aliphatic heterocycles. The van der Waals surface area contributed by atoms with Crippen LogP contribution in [0.2, 0.25) is 5.02 Å². The highest BCUT2D eigenvalue weighted by Gasteiger charge is 2.17. The van der Waals surface area contributed by atoms with Gasteiger partial charge in [0.25, 0.3) is 5.91 Å². The largest absolute Gasteiger partial charge is 0.391 e. The second-order valence-electron chi connectivity index (χ2n) is 4.21. The standard InChI is InChI=1S/C13H19ClN2O2/c1-3-9(4-2)12(17)8-16-13(18)10-7-15-6-5-11(10)14/h5-7,9,12,17H,3-4,8H2,1-2H3,(H,16,18). The molecule has 0 radical (unpaired) electrons. The lowest BCUT2D eigenvalue weighted by Crippen LogP contribution is -2.36. The summed E-state index contributed by atoms with van der Waals surface area (Å²) in [5, 5.41) is 12.9. The fraction of sp³-hybridized carbons (Fsp3) is 0.538. The van der Waals surface area contributed by atoms with Gasteiger partial charge < -0.3 is 10.4 Å². The molecule has 4 nitrogen and oxygen atoms in total. The molecule has 2 N–H and O–H groups in total. The van der Waals surface area contributed by atoms with Crippen molar-refractivity contribution in [3.8, 4) is 0 Å². The highest BCUT2D eigenvalue weighted by atomic mass is 35.5. The zero-order chi connectivity index (χ0) is 13.5. The van der Waals surface area contributed by atoms with E-state index in [9.17, 15) is 9.90 Å². The summed E-state index contributed by atoms with van der Waals surface area (Å²) in [6.07, 6.45) is 4.20. The van der Waals surface area contributed by atoms with Crippen molar-refractivity contribution in [3.63, 3.8) is 0 Å². The lowest BCUT2D eigenvalue weighted by Gasteiger charge is -2.20. The number of aliphatic hydroxyl groups is 1. The van der Waals surface area contributed by atoms with Crippen molar-refractivity contribution in [2.24, 2.45) is 5.92 Å². The van der Waals surface area contributed by atoms with E-state index in [2.05, 4.69) is 10.3 Å². The number of nitrogens with zero attached hydrogens (tertiary/aromatic N) is 1. The van der Waals surface area contributed by atoms with Crippen LogP contribution in [0.25, 0.3) is 0 Å². The van der Waals surface area contributed by atoms with Crippen LogP contribution in [0.3, 0.4) is 0 Å². The predicted molar refractivity (Wildman–Crippen MR) is 71.7 cm³/mol.